The summed E-state index contributed by atoms with van der Waals surface area (Å²) < 4.78 is 10.5. The minimum atomic E-state index is -0.457. The van der Waals surface area contributed by atoms with Crippen LogP contribution in [0.1, 0.15) is 30.8 Å². The Hall–Kier alpha value is -1.49. The monoisotopic (exact) mass is 253 g/mol. The van der Waals surface area contributed by atoms with E-state index in [9.17, 15) is 4.79 Å². The largest absolute Gasteiger partial charge is 0.464 e. The van der Waals surface area contributed by atoms with E-state index < -0.39 is 6.09 Å². The average Bonchev–Trinajstić information content (AvgIpc) is 2.89. The summed E-state index contributed by atoms with van der Waals surface area (Å²) >= 11 is 0. The van der Waals surface area contributed by atoms with Gasteiger partial charge in [-0.3, -0.25) is 0 Å². The molecule has 0 bridgehead atoms. The van der Waals surface area contributed by atoms with Gasteiger partial charge in [-0.05, 0) is 24.5 Å². The molecule has 0 aromatic carbocycles. The molecule has 2 unspecified atom stereocenters. The van der Waals surface area contributed by atoms with Crippen molar-refractivity contribution in [1.29, 1.82) is 0 Å². The second-order valence-electron chi connectivity index (χ2n) is 4.82. The van der Waals surface area contributed by atoms with Crippen molar-refractivity contribution in [3.8, 4) is 0 Å². The molecule has 5 nitrogen and oxygen atoms in total. The molecule has 0 spiro atoms. The Labute approximate surface area is 106 Å². The summed E-state index contributed by atoms with van der Waals surface area (Å²) in [6.45, 7) is 2.44. The molecule has 1 saturated carbocycles. The normalized spacial score (nSPS) is 21.7. The zero-order valence-corrected chi connectivity index (χ0v) is 10.8. The van der Waals surface area contributed by atoms with Gasteiger partial charge in [0.2, 0.25) is 0 Å². The molecule has 1 N–H and O–H groups in total. The molecule has 1 heterocycles. The topological polar surface area (TPSA) is 62.9 Å². The maximum absolute atomic E-state index is 11.5. The van der Waals surface area contributed by atoms with Crippen LogP contribution in [0.2, 0.25) is 0 Å². The average molecular weight is 253 g/mol. The van der Waals surface area contributed by atoms with Gasteiger partial charge in [0, 0.05) is 13.0 Å². The van der Waals surface area contributed by atoms with Gasteiger partial charge >= 0.3 is 6.09 Å². The van der Waals surface area contributed by atoms with Gasteiger partial charge in [0.1, 0.15) is 18.1 Å². The number of amides is 1. The second kappa shape index (κ2) is 5.44. The van der Waals surface area contributed by atoms with Crippen LogP contribution in [0.3, 0.4) is 0 Å². The van der Waals surface area contributed by atoms with E-state index in [1.165, 1.54) is 11.3 Å². The van der Waals surface area contributed by atoms with E-state index in [0.717, 1.165) is 11.5 Å². The predicted octanol–water partition coefficient (Wildman–Crippen LogP) is 1.96. The molecule has 0 radical (unpaired) electrons. The Morgan fingerprint density at radius 3 is 2.94 bits per heavy atom. The first-order valence-electron chi connectivity index (χ1n) is 6.19. The lowest BCUT2D eigenvalue weighted by Gasteiger charge is -2.14. The van der Waals surface area contributed by atoms with Crippen LogP contribution in [-0.2, 0) is 11.3 Å². The highest BCUT2D eigenvalue weighted by Crippen LogP contribution is 2.47. The van der Waals surface area contributed by atoms with Crippen molar-refractivity contribution in [3.05, 3.63) is 23.7 Å². The fourth-order valence-corrected chi connectivity index (χ4v) is 1.94. The van der Waals surface area contributed by atoms with Crippen molar-refractivity contribution in [2.45, 2.75) is 25.8 Å². The number of carbonyl (C=O) groups excluding carboxylic acids is 1. The third-order valence-electron chi connectivity index (χ3n) is 3.18. The predicted molar refractivity (Wildman–Crippen MR) is 65.1 cm³/mol. The molecule has 1 aromatic heterocycles. The van der Waals surface area contributed by atoms with E-state index in [0.29, 0.717) is 18.4 Å². The van der Waals surface area contributed by atoms with Crippen LogP contribution in [0, 0.1) is 5.92 Å². The number of rotatable bonds is 5. The van der Waals surface area contributed by atoms with Gasteiger partial charge in [-0.2, -0.15) is 0 Å². The lowest BCUT2D eigenvalue weighted by atomic mass is 10.3. The molecule has 0 aliphatic heterocycles. The van der Waals surface area contributed by atoms with Crippen LogP contribution in [0.25, 0.3) is 0 Å². The molecule has 100 valence electrons. The molecular formula is C13H19NO4. The molecule has 5 heteroatoms. The molecule has 1 aliphatic rings. The van der Waals surface area contributed by atoms with E-state index in [-0.39, 0.29) is 13.2 Å². The number of hydrogen-bond donors (Lipinski definition) is 1. The second-order valence-corrected chi connectivity index (χ2v) is 4.82. The van der Waals surface area contributed by atoms with Crippen LogP contribution >= 0.6 is 0 Å². The fourth-order valence-electron chi connectivity index (χ4n) is 1.94. The van der Waals surface area contributed by atoms with Crippen LogP contribution in [0.4, 0.5) is 4.79 Å². The zero-order valence-electron chi connectivity index (χ0n) is 10.8. The van der Waals surface area contributed by atoms with Gasteiger partial charge in [0.05, 0.1) is 13.2 Å². The van der Waals surface area contributed by atoms with Crippen molar-refractivity contribution < 1.29 is 19.1 Å². The fraction of sp³-hybridized carbons (Fsp3) is 0.615. The smallest absolute Gasteiger partial charge is 0.409 e. The van der Waals surface area contributed by atoms with E-state index in [1.807, 2.05) is 12.1 Å². The summed E-state index contributed by atoms with van der Waals surface area (Å²) in [5.41, 5.74) is 0. The van der Waals surface area contributed by atoms with Crippen molar-refractivity contribution >= 4 is 6.09 Å². The number of hydrogen-bond acceptors (Lipinski definition) is 4. The Bertz CT molecular complexity index is 415. The van der Waals surface area contributed by atoms with Crippen LogP contribution in [-0.4, -0.2) is 36.4 Å². The molecule has 1 aliphatic carbocycles. The number of carbonyl (C=O) groups is 1. The number of aliphatic hydroxyl groups is 1. The maximum atomic E-state index is 11.5. The minimum absolute atomic E-state index is 0.0200. The molecule has 1 fully saturated rings. The van der Waals surface area contributed by atoms with Crippen LogP contribution in [0.15, 0.2) is 16.5 Å². The van der Waals surface area contributed by atoms with E-state index in [4.69, 9.17) is 14.3 Å². The standard InChI is InChI=1S/C13H19NO4/c1-9-7-11(9)12-4-3-10(18-12)8-14(2)13(16)17-6-5-15/h3-4,9,11,15H,5-8H2,1-2H3. The number of furan rings is 1. The molecule has 18 heavy (non-hydrogen) atoms. The Morgan fingerprint density at radius 2 is 2.33 bits per heavy atom. The third-order valence-corrected chi connectivity index (χ3v) is 3.18. The number of ether oxygens (including phenoxy) is 1. The van der Waals surface area contributed by atoms with E-state index in [2.05, 4.69) is 6.92 Å². The summed E-state index contributed by atoms with van der Waals surface area (Å²) in [5, 5.41) is 8.57. The van der Waals surface area contributed by atoms with Crippen molar-refractivity contribution in [2.75, 3.05) is 20.3 Å². The van der Waals surface area contributed by atoms with Gasteiger partial charge in [-0.25, -0.2) is 4.79 Å². The van der Waals surface area contributed by atoms with Gasteiger partial charge in [-0.1, -0.05) is 6.92 Å². The Morgan fingerprint density at radius 1 is 1.61 bits per heavy atom. The lowest BCUT2D eigenvalue weighted by Crippen LogP contribution is -2.27. The van der Waals surface area contributed by atoms with Crippen LogP contribution < -0.4 is 0 Å². The van der Waals surface area contributed by atoms with Gasteiger partial charge in [0.15, 0.2) is 0 Å². The lowest BCUT2D eigenvalue weighted by molar-refractivity contribution is 0.0875. The van der Waals surface area contributed by atoms with Crippen LogP contribution in [0.5, 0.6) is 0 Å². The van der Waals surface area contributed by atoms with Crippen molar-refractivity contribution in [2.24, 2.45) is 5.92 Å². The highest BCUT2D eigenvalue weighted by atomic mass is 16.6. The van der Waals surface area contributed by atoms with Gasteiger partial charge in [-0.15, -0.1) is 0 Å². The first kappa shape index (κ1) is 13.0. The molecule has 1 amide bonds. The summed E-state index contributed by atoms with van der Waals surface area (Å²) in [6.07, 6.45) is 0.725. The Balaban J connectivity index is 1.85. The number of aliphatic hydroxyl groups excluding tert-OH is 1. The molecule has 2 atom stereocenters. The summed E-state index contributed by atoms with van der Waals surface area (Å²) in [7, 11) is 1.64. The zero-order chi connectivity index (χ0) is 13.1. The van der Waals surface area contributed by atoms with E-state index >= 15 is 0 Å². The van der Waals surface area contributed by atoms with Crippen molar-refractivity contribution in [1.82, 2.24) is 4.90 Å². The first-order valence-corrected chi connectivity index (χ1v) is 6.19. The van der Waals surface area contributed by atoms with Crippen molar-refractivity contribution in [3.63, 3.8) is 0 Å². The Kier molecular flexibility index (Phi) is 3.91. The number of nitrogens with zero attached hydrogens (tertiary/aromatic N) is 1. The summed E-state index contributed by atoms with van der Waals surface area (Å²) in [5.74, 6) is 3.02. The van der Waals surface area contributed by atoms with Gasteiger partial charge < -0.3 is 19.2 Å². The third kappa shape index (κ3) is 3.04. The SMILES string of the molecule is CC1CC1c1ccc(CN(C)C(=O)OCCO)o1. The highest BCUT2D eigenvalue weighted by Gasteiger charge is 2.36. The molecule has 0 saturated heterocycles. The molecular weight excluding hydrogens is 234 g/mol. The quantitative estimate of drug-likeness (QED) is 0.871. The van der Waals surface area contributed by atoms with E-state index in [1.54, 1.807) is 7.05 Å². The molecule has 2 rings (SSSR count). The summed E-state index contributed by atoms with van der Waals surface area (Å²) in [6, 6.07) is 3.88. The summed E-state index contributed by atoms with van der Waals surface area (Å²) in [4.78, 5) is 12.9. The van der Waals surface area contributed by atoms with Gasteiger partial charge in [0.25, 0.3) is 0 Å². The minimum Gasteiger partial charge on any atom is -0.464 e. The highest BCUT2D eigenvalue weighted by molar-refractivity contribution is 5.67. The first-order chi connectivity index (χ1) is 8.61. The maximum Gasteiger partial charge on any atom is 0.409 e. The molecule has 1 aromatic rings.